The van der Waals surface area contributed by atoms with E-state index in [0.29, 0.717) is 6.26 Å². The summed E-state index contributed by atoms with van der Waals surface area (Å²) in [5.74, 6) is 1.38. The molecule has 0 saturated carbocycles. The van der Waals surface area contributed by atoms with Crippen LogP contribution in [0.5, 0.6) is 0 Å². The second kappa shape index (κ2) is 7.33. The Morgan fingerprint density at radius 2 is 1.50 bits per heavy atom. The highest BCUT2D eigenvalue weighted by molar-refractivity contribution is 7.86. The maximum Gasteiger partial charge on any atom is 0.349 e. The molecule has 0 aromatic heterocycles. The smallest absolute Gasteiger partial charge is 0.349 e. The van der Waals surface area contributed by atoms with Gasteiger partial charge >= 0.3 is 11.9 Å². The SMILES string of the molecule is C#CCOC(=O)C(OS(C)(=O)=O)C(=O)OCC#C. The van der Waals surface area contributed by atoms with E-state index in [4.69, 9.17) is 12.8 Å². The van der Waals surface area contributed by atoms with Crippen LogP contribution in [0.4, 0.5) is 0 Å². The third kappa shape index (κ3) is 6.53. The van der Waals surface area contributed by atoms with Crippen LogP contribution in [0.3, 0.4) is 0 Å². The summed E-state index contributed by atoms with van der Waals surface area (Å²) in [6, 6.07) is 0. The summed E-state index contributed by atoms with van der Waals surface area (Å²) in [7, 11) is -4.07. The lowest BCUT2D eigenvalue weighted by Crippen LogP contribution is -2.37. The fourth-order valence-electron chi connectivity index (χ4n) is 0.727. The average Bonchev–Trinajstić information content (AvgIpc) is 2.28. The lowest BCUT2D eigenvalue weighted by molar-refractivity contribution is -0.164. The molecule has 0 aliphatic heterocycles. The van der Waals surface area contributed by atoms with Gasteiger partial charge < -0.3 is 9.47 Å². The Hall–Kier alpha value is -2.03. The first-order valence-corrected chi connectivity index (χ1v) is 6.22. The molecule has 0 radical (unpaired) electrons. The molecule has 0 N–H and O–H groups in total. The molecule has 0 aromatic rings. The molecule has 18 heavy (non-hydrogen) atoms. The van der Waals surface area contributed by atoms with E-state index in [1.165, 1.54) is 0 Å². The second-order valence-corrected chi connectivity index (χ2v) is 4.40. The summed E-state index contributed by atoms with van der Waals surface area (Å²) in [5, 5.41) is 0. The number of rotatable bonds is 6. The molecular weight excluding hydrogens is 264 g/mol. The molecule has 0 aliphatic carbocycles. The largest absolute Gasteiger partial charge is 0.450 e. The van der Waals surface area contributed by atoms with Gasteiger partial charge in [0, 0.05) is 0 Å². The first kappa shape index (κ1) is 16.0. The Balaban J connectivity index is 4.84. The number of terminal acetylenes is 2. The van der Waals surface area contributed by atoms with Gasteiger partial charge in [-0.05, 0) is 0 Å². The van der Waals surface area contributed by atoms with Gasteiger partial charge in [0.15, 0.2) is 13.2 Å². The van der Waals surface area contributed by atoms with Crippen molar-refractivity contribution in [1.82, 2.24) is 0 Å². The molecule has 0 bridgehead atoms. The van der Waals surface area contributed by atoms with Gasteiger partial charge in [-0.3, -0.25) is 0 Å². The fourth-order valence-corrected chi connectivity index (χ4v) is 1.23. The van der Waals surface area contributed by atoms with Gasteiger partial charge in [-0.2, -0.15) is 8.42 Å². The summed E-state index contributed by atoms with van der Waals surface area (Å²) >= 11 is 0. The van der Waals surface area contributed by atoms with Crippen LogP contribution in [-0.2, 0) is 33.4 Å². The first-order chi connectivity index (χ1) is 8.31. The minimum absolute atomic E-state index is 0.440. The minimum Gasteiger partial charge on any atom is -0.450 e. The number of hydrogen-bond acceptors (Lipinski definition) is 7. The maximum atomic E-state index is 11.3. The molecule has 7 nitrogen and oxygen atoms in total. The fraction of sp³-hybridized carbons (Fsp3) is 0.400. The van der Waals surface area contributed by atoms with Gasteiger partial charge in [0.1, 0.15) is 0 Å². The summed E-state index contributed by atoms with van der Waals surface area (Å²) in [5.41, 5.74) is 0. The standard InChI is InChI=1S/C10H10O7S/c1-4-6-15-9(11)8(17-18(3,13)14)10(12)16-7-5-2/h1-2,8H,6-7H2,3H3. The van der Waals surface area contributed by atoms with Crippen LogP contribution >= 0.6 is 0 Å². The van der Waals surface area contributed by atoms with Crippen LogP contribution in [0.2, 0.25) is 0 Å². The van der Waals surface area contributed by atoms with Crippen molar-refractivity contribution in [3.8, 4) is 24.7 Å². The van der Waals surface area contributed by atoms with Crippen molar-refractivity contribution in [3.05, 3.63) is 0 Å². The van der Waals surface area contributed by atoms with E-state index in [0.717, 1.165) is 0 Å². The predicted molar refractivity (Wildman–Crippen MR) is 59.3 cm³/mol. The molecule has 0 aromatic carbocycles. The summed E-state index contributed by atoms with van der Waals surface area (Å²) in [4.78, 5) is 22.6. The highest BCUT2D eigenvalue weighted by Gasteiger charge is 2.34. The Labute approximate surface area is 105 Å². The Bertz CT molecular complexity index is 461. The quantitative estimate of drug-likeness (QED) is 0.256. The number of carbonyl (C=O) groups is 2. The molecule has 0 unspecified atom stereocenters. The number of ether oxygens (including phenoxy) is 2. The van der Waals surface area contributed by atoms with Crippen molar-refractivity contribution in [2.45, 2.75) is 6.10 Å². The van der Waals surface area contributed by atoms with Crippen LogP contribution in [0.15, 0.2) is 0 Å². The average molecular weight is 274 g/mol. The van der Waals surface area contributed by atoms with Gasteiger partial charge in [-0.25, -0.2) is 13.8 Å². The molecule has 0 saturated heterocycles. The third-order valence-corrected chi connectivity index (χ3v) is 1.84. The molecule has 0 fully saturated rings. The van der Waals surface area contributed by atoms with Gasteiger partial charge in [0.05, 0.1) is 6.26 Å². The van der Waals surface area contributed by atoms with Crippen molar-refractivity contribution in [1.29, 1.82) is 0 Å². The molecule has 98 valence electrons. The van der Waals surface area contributed by atoms with E-state index in [-0.39, 0.29) is 0 Å². The van der Waals surface area contributed by atoms with E-state index in [9.17, 15) is 18.0 Å². The normalized spacial score (nSPS) is 10.2. The van der Waals surface area contributed by atoms with Crippen LogP contribution in [-0.4, -0.2) is 45.9 Å². The van der Waals surface area contributed by atoms with Crippen molar-refractivity contribution < 1.29 is 31.7 Å². The Morgan fingerprint density at radius 3 is 1.78 bits per heavy atom. The minimum atomic E-state index is -4.07. The third-order valence-electron chi connectivity index (χ3n) is 1.29. The summed E-state index contributed by atoms with van der Waals surface area (Å²) in [6.07, 6.45) is 8.24. The van der Waals surface area contributed by atoms with Crippen LogP contribution in [0.25, 0.3) is 0 Å². The van der Waals surface area contributed by atoms with Crippen LogP contribution in [0.1, 0.15) is 0 Å². The predicted octanol–water partition coefficient (Wildman–Crippen LogP) is -1.32. The molecule has 0 spiro atoms. The van der Waals surface area contributed by atoms with Crippen LogP contribution in [0, 0.1) is 24.7 Å². The maximum absolute atomic E-state index is 11.3. The zero-order chi connectivity index (χ0) is 14.2. The van der Waals surface area contributed by atoms with Crippen molar-refractivity contribution >= 4 is 22.1 Å². The highest BCUT2D eigenvalue weighted by atomic mass is 32.2. The zero-order valence-corrected chi connectivity index (χ0v) is 10.2. The molecular formula is C10H10O7S. The number of carbonyl (C=O) groups excluding carboxylic acids is 2. The zero-order valence-electron chi connectivity index (χ0n) is 9.41. The van der Waals surface area contributed by atoms with E-state index in [1.54, 1.807) is 0 Å². The van der Waals surface area contributed by atoms with Gasteiger partial charge in [-0.1, -0.05) is 11.8 Å². The van der Waals surface area contributed by atoms with Crippen LogP contribution < -0.4 is 0 Å². The lowest BCUT2D eigenvalue weighted by atomic mass is 10.4. The molecule has 0 amide bonds. The van der Waals surface area contributed by atoms with E-state index in [1.807, 2.05) is 11.8 Å². The van der Waals surface area contributed by atoms with Gasteiger partial charge in [-0.15, -0.1) is 12.8 Å². The summed E-state index contributed by atoms with van der Waals surface area (Å²) in [6.45, 7) is -0.879. The monoisotopic (exact) mass is 274 g/mol. The molecule has 0 aliphatic rings. The number of esters is 2. The molecule has 0 heterocycles. The van der Waals surface area contributed by atoms with E-state index < -0.39 is 41.4 Å². The van der Waals surface area contributed by atoms with Crippen molar-refractivity contribution in [2.75, 3.05) is 19.5 Å². The van der Waals surface area contributed by atoms with Crippen molar-refractivity contribution in [3.63, 3.8) is 0 Å². The van der Waals surface area contributed by atoms with Crippen molar-refractivity contribution in [2.24, 2.45) is 0 Å². The first-order valence-electron chi connectivity index (χ1n) is 4.40. The number of hydrogen-bond donors (Lipinski definition) is 0. The van der Waals surface area contributed by atoms with E-state index >= 15 is 0 Å². The highest BCUT2D eigenvalue weighted by Crippen LogP contribution is 2.04. The Kier molecular flexibility index (Phi) is 6.50. The molecule has 0 atom stereocenters. The topological polar surface area (TPSA) is 96.0 Å². The molecule has 0 rings (SSSR count). The lowest BCUT2D eigenvalue weighted by Gasteiger charge is -2.12. The Morgan fingerprint density at radius 1 is 1.11 bits per heavy atom. The molecule has 8 heteroatoms. The van der Waals surface area contributed by atoms with Gasteiger partial charge in [0.2, 0.25) is 0 Å². The van der Waals surface area contributed by atoms with E-state index in [2.05, 4.69) is 13.7 Å². The summed E-state index contributed by atoms with van der Waals surface area (Å²) < 4.78 is 34.8. The van der Waals surface area contributed by atoms with Gasteiger partial charge in [0.25, 0.3) is 16.2 Å². The second-order valence-electron chi connectivity index (χ2n) is 2.80.